The molecule has 72 valence electrons. The van der Waals surface area contributed by atoms with Crippen molar-refractivity contribution in [1.82, 2.24) is 0 Å². The number of hydrogen-bond donors (Lipinski definition) is 0. The van der Waals surface area contributed by atoms with Crippen LogP contribution in [0.1, 0.15) is 18.1 Å². The first kappa shape index (κ1) is 14.7. The van der Waals surface area contributed by atoms with Gasteiger partial charge >= 0.3 is 58.4 Å². The first-order valence-corrected chi connectivity index (χ1v) is 4.30. The zero-order valence-electron chi connectivity index (χ0n) is 8.43. The van der Waals surface area contributed by atoms with Crippen LogP contribution in [0.25, 0.3) is 0 Å². The van der Waals surface area contributed by atoms with Crippen LogP contribution in [0.2, 0.25) is 0 Å². The van der Waals surface area contributed by atoms with Gasteiger partial charge in [-0.3, -0.25) is 0 Å². The van der Waals surface area contributed by atoms with Crippen LogP contribution in [-0.2, 0) is 12.7 Å². The maximum absolute atomic E-state index is 12.0. The van der Waals surface area contributed by atoms with Crippen molar-refractivity contribution < 1.29 is 64.3 Å². The fourth-order valence-electron chi connectivity index (χ4n) is 1.18. The van der Waals surface area contributed by atoms with E-state index >= 15 is 0 Å². The summed E-state index contributed by atoms with van der Waals surface area (Å²) < 4.78 is 36.0. The molecule has 5 heteroatoms. The van der Waals surface area contributed by atoms with Gasteiger partial charge in [0.15, 0.2) is 0 Å². The summed E-state index contributed by atoms with van der Waals surface area (Å²) in [6.07, 6.45) is 0.0848. The standard InChI is InChI=1S/C9H11BF3.K/c1-2-8-3-5-9(6-4-8)7-10(11,12)13;/h3-6H,2,7H2,1H3;/q-1;+1. The van der Waals surface area contributed by atoms with Gasteiger partial charge in [-0.2, -0.15) is 0 Å². The number of aryl methyl sites for hydroxylation is 1. The topological polar surface area (TPSA) is 0 Å². The molecule has 0 aromatic heterocycles. The van der Waals surface area contributed by atoms with E-state index in [0.717, 1.165) is 12.0 Å². The number of benzene rings is 1. The van der Waals surface area contributed by atoms with Crippen molar-refractivity contribution >= 4 is 6.98 Å². The molecule has 1 rings (SSSR count). The zero-order chi connectivity index (χ0) is 9.90. The zero-order valence-corrected chi connectivity index (χ0v) is 11.6. The fourth-order valence-corrected chi connectivity index (χ4v) is 1.18. The fraction of sp³-hybridized carbons (Fsp3) is 0.333. The molecule has 0 radical (unpaired) electrons. The molecule has 0 aliphatic carbocycles. The second-order valence-corrected chi connectivity index (χ2v) is 3.08. The van der Waals surface area contributed by atoms with Crippen LogP contribution in [0.5, 0.6) is 0 Å². The van der Waals surface area contributed by atoms with Crippen LogP contribution in [0.15, 0.2) is 24.3 Å². The average molecular weight is 226 g/mol. The van der Waals surface area contributed by atoms with Gasteiger partial charge in [-0.1, -0.05) is 43.1 Å². The molecule has 1 aromatic rings. The predicted octanol–water partition coefficient (Wildman–Crippen LogP) is 0.182. The number of halogens is 3. The summed E-state index contributed by atoms with van der Waals surface area (Å²) in [5.74, 6) is 0. The molecular weight excluding hydrogens is 215 g/mol. The third-order valence-corrected chi connectivity index (χ3v) is 1.90. The van der Waals surface area contributed by atoms with Gasteiger partial charge in [0.2, 0.25) is 0 Å². The van der Waals surface area contributed by atoms with Crippen molar-refractivity contribution in [3.63, 3.8) is 0 Å². The Morgan fingerprint density at radius 1 is 1.00 bits per heavy atom. The van der Waals surface area contributed by atoms with Gasteiger partial charge in [0.05, 0.1) is 0 Å². The van der Waals surface area contributed by atoms with Gasteiger partial charge in [0, 0.05) is 0 Å². The molecule has 0 fully saturated rings. The van der Waals surface area contributed by atoms with Crippen molar-refractivity contribution in [2.45, 2.75) is 19.7 Å². The van der Waals surface area contributed by atoms with Crippen molar-refractivity contribution in [3.8, 4) is 0 Å². The molecule has 0 nitrogen and oxygen atoms in total. The Kier molecular flexibility index (Phi) is 6.65. The van der Waals surface area contributed by atoms with E-state index in [4.69, 9.17) is 0 Å². The Bertz CT molecular complexity index is 268. The van der Waals surface area contributed by atoms with Crippen LogP contribution in [0, 0.1) is 0 Å². The quantitative estimate of drug-likeness (QED) is 0.645. The molecule has 0 spiro atoms. The molecule has 0 aliphatic heterocycles. The molecule has 14 heavy (non-hydrogen) atoms. The molecule has 0 unspecified atom stereocenters. The summed E-state index contributed by atoms with van der Waals surface area (Å²) in [6, 6.07) is 6.59. The van der Waals surface area contributed by atoms with E-state index in [0.29, 0.717) is 5.56 Å². The van der Waals surface area contributed by atoms with E-state index in [9.17, 15) is 12.9 Å². The van der Waals surface area contributed by atoms with Crippen LogP contribution >= 0.6 is 0 Å². The summed E-state index contributed by atoms with van der Waals surface area (Å²) in [5.41, 5.74) is 1.42. The summed E-state index contributed by atoms with van der Waals surface area (Å²) in [7, 11) is 0. The largest absolute Gasteiger partial charge is 1.00 e. The summed E-state index contributed by atoms with van der Waals surface area (Å²) in [5, 5.41) is 0. The van der Waals surface area contributed by atoms with Crippen molar-refractivity contribution in [1.29, 1.82) is 0 Å². The number of hydrogen-bond acceptors (Lipinski definition) is 0. The van der Waals surface area contributed by atoms with E-state index in [1.165, 1.54) is 0 Å². The molecular formula is C9H11BF3K. The first-order chi connectivity index (χ1) is 6.01. The van der Waals surface area contributed by atoms with Crippen molar-refractivity contribution in [2.24, 2.45) is 0 Å². The minimum absolute atomic E-state index is 0. The molecule has 0 saturated carbocycles. The third-order valence-electron chi connectivity index (χ3n) is 1.90. The van der Waals surface area contributed by atoms with Crippen LogP contribution in [-0.4, -0.2) is 6.98 Å². The van der Waals surface area contributed by atoms with E-state index in [1.54, 1.807) is 24.3 Å². The van der Waals surface area contributed by atoms with Gasteiger partial charge in [0.25, 0.3) is 0 Å². The Balaban J connectivity index is 0.00000169. The SMILES string of the molecule is CCc1ccc(C[B-](F)(F)F)cc1.[K+]. The van der Waals surface area contributed by atoms with E-state index in [2.05, 4.69) is 0 Å². The smallest absolute Gasteiger partial charge is 0.449 e. The molecule has 0 heterocycles. The molecule has 0 saturated heterocycles. The minimum Gasteiger partial charge on any atom is -0.449 e. The molecule has 0 bridgehead atoms. The normalized spacial score (nSPS) is 10.9. The predicted molar refractivity (Wildman–Crippen MR) is 48.6 cm³/mol. The maximum Gasteiger partial charge on any atom is 1.00 e. The summed E-state index contributed by atoms with van der Waals surface area (Å²) in [4.78, 5) is 0. The molecule has 1 aromatic carbocycles. The van der Waals surface area contributed by atoms with E-state index < -0.39 is 13.3 Å². The van der Waals surface area contributed by atoms with Gasteiger partial charge in [-0.25, -0.2) is 0 Å². The summed E-state index contributed by atoms with van der Waals surface area (Å²) >= 11 is 0. The molecule has 0 atom stereocenters. The Morgan fingerprint density at radius 3 is 1.79 bits per heavy atom. The first-order valence-electron chi connectivity index (χ1n) is 4.30. The van der Waals surface area contributed by atoms with Crippen LogP contribution in [0.4, 0.5) is 12.9 Å². The molecule has 0 N–H and O–H groups in total. The number of rotatable bonds is 3. The van der Waals surface area contributed by atoms with Gasteiger partial charge in [-0.15, -0.1) is 0 Å². The monoisotopic (exact) mass is 226 g/mol. The van der Waals surface area contributed by atoms with Gasteiger partial charge in [0.1, 0.15) is 0 Å². The maximum atomic E-state index is 12.0. The van der Waals surface area contributed by atoms with Gasteiger partial charge in [-0.05, 0) is 12.0 Å². The average Bonchev–Trinajstić information content (AvgIpc) is 2.03. The Morgan fingerprint density at radius 2 is 1.43 bits per heavy atom. The van der Waals surface area contributed by atoms with Crippen molar-refractivity contribution in [3.05, 3.63) is 35.4 Å². The minimum atomic E-state index is -4.70. The van der Waals surface area contributed by atoms with E-state index in [-0.39, 0.29) is 51.4 Å². The van der Waals surface area contributed by atoms with E-state index in [1.807, 2.05) is 6.92 Å². The third kappa shape index (κ3) is 5.56. The second kappa shape index (κ2) is 6.33. The van der Waals surface area contributed by atoms with Crippen LogP contribution < -0.4 is 51.4 Å². The molecule has 0 amide bonds. The Labute approximate surface area is 125 Å². The second-order valence-electron chi connectivity index (χ2n) is 3.08. The Hall–Kier alpha value is 0.711. The summed E-state index contributed by atoms with van der Waals surface area (Å²) in [6.45, 7) is -2.72. The van der Waals surface area contributed by atoms with Gasteiger partial charge < -0.3 is 12.9 Å². The van der Waals surface area contributed by atoms with Crippen LogP contribution in [0.3, 0.4) is 0 Å². The molecule has 0 aliphatic rings. The van der Waals surface area contributed by atoms with Crippen molar-refractivity contribution in [2.75, 3.05) is 0 Å².